The molecule has 0 heterocycles. The molecule has 0 bridgehead atoms. The van der Waals surface area contributed by atoms with Crippen molar-refractivity contribution in [2.45, 2.75) is 37.9 Å². The molecule has 0 amide bonds. The zero-order valence-electron chi connectivity index (χ0n) is 10.8. The maximum absolute atomic E-state index is 14.0. The number of benzene rings is 1. The van der Waals surface area contributed by atoms with Crippen LogP contribution < -0.4 is 16.2 Å². The highest BCUT2D eigenvalue weighted by Crippen LogP contribution is 2.37. The number of nitrogen functional groups attached to an aromatic ring is 2. The fraction of sp³-hybridized carbons (Fsp3) is 0.538. The second kappa shape index (κ2) is 5.84. The monoisotopic (exact) mass is 288 g/mol. The smallest absolute Gasteiger partial charge is 0.187 e. The van der Waals surface area contributed by atoms with Crippen LogP contribution >= 0.6 is 11.6 Å². The molecule has 2 unspecified atom stereocenters. The Kier molecular flexibility index (Phi) is 4.37. The lowest BCUT2D eigenvalue weighted by atomic mass is 9.95. The molecule has 4 N–H and O–H groups in total. The number of hydrogen-bond donors (Lipinski definition) is 2. The molecule has 1 aliphatic carbocycles. The zero-order chi connectivity index (χ0) is 14.0. The van der Waals surface area contributed by atoms with Crippen molar-refractivity contribution in [2.75, 3.05) is 18.6 Å². The standard InChI is InChI=1S/C13H18ClFN2O2/c1-18-7-3-2-4-8(5-7)19-13-10(17)6-9(16)11(14)12(13)15/h6-8H,2-5,16-17H2,1H3. The molecule has 0 radical (unpaired) electrons. The van der Waals surface area contributed by atoms with Crippen LogP contribution in [-0.2, 0) is 4.74 Å². The van der Waals surface area contributed by atoms with E-state index in [-0.39, 0.29) is 34.4 Å². The van der Waals surface area contributed by atoms with Gasteiger partial charge in [-0.1, -0.05) is 11.6 Å². The first kappa shape index (κ1) is 14.2. The summed E-state index contributed by atoms with van der Waals surface area (Å²) in [5, 5.41) is -0.150. The normalized spacial score (nSPS) is 23.3. The average Bonchev–Trinajstić information content (AvgIpc) is 2.41. The number of nitrogens with two attached hydrogens (primary N) is 2. The van der Waals surface area contributed by atoms with Crippen LogP contribution in [0.2, 0.25) is 5.02 Å². The first-order chi connectivity index (χ1) is 9.02. The summed E-state index contributed by atoms with van der Waals surface area (Å²) in [5.74, 6) is -0.709. The van der Waals surface area contributed by atoms with Gasteiger partial charge in [-0.05, 0) is 25.3 Å². The quantitative estimate of drug-likeness (QED) is 0.839. The molecule has 1 aliphatic rings. The van der Waals surface area contributed by atoms with E-state index in [4.69, 9.17) is 32.5 Å². The third kappa shape index (κ3) is 3.04. The van der Waals surface area contributed by atoms with Crippen molar-refractivity contribution < 1.29 is 13.9 Å². The highest BCUT2D eigenvalue weighted by molar-refractivity contribution is 6.33. The summed E-state index contributed by atoms with van der Waals surface area (Å²) in [6, 6.07) is 1.41. The Balaban J connectivity index is 2.17. The highest BCUT2D eigenvalue weighted by atomic mass is 35.5. The Morgan fingerprint density at radius 1 is 1.26 bits per heavy atom. The minimum absolute atomic E-state index is 0.0130. The van der Waals surface area contributed by atoms with Gasteiger partial charge in [-0.3, -0.25) is 0 Å². The van der Waals surface area contributed by atoms with Crippen molar-refractivity contribution in [3.63, 3.8) is 0 Å². The van der Waals surface area contributed by atoms with Gasteiger partial charge in [-0.2, -0.15) is 0 Å². The first-order valence-electron chi connectivity index (χ1n) is 6.25. The Labute approximate surface area is 116 Å². The minimum atomic E-state index is -0.696. The van der Waals surface area contributed by atoms with E-state index in [2.05, 4.69) is 0 Å². The van der Waals surface area contributed by atoms with E-state index < -0.39 is 5.82 Å². The topological polar surface area (TPSA) is 70.5 Å². The third-order valence-corrected chi connectivity index (χ3v) is 3.80. The minimum Gasteiger partial charge on any atom is -0.485 e. The largest absolute Gasteiger partial charge is 0.485 e. The summed E-state index contributed by atoms with van der Waals surface area (Å²) in [6.45, 7) is 0. The van der Waals surface area contributed by atoms with Crippen LogP contribution in [0, 0.1) is 5.82 Å². The Hall–Kier alpha value is -1.20. The fourth-order valence-electron chi connectivity index (χ4n) is 2.36. The molecule has 2 atom stereocenters. The summed E-state index contributed by atoms with van der Waals surface area (Å²) >= 11 is 5.77. The molecule has 1 saturated carbocycles. The van der Waals surface area contributed by atoms with Crippen LogP contribution in [-0.4, -0.2) is 19.3 Å². The Morgan fingerprint density at radius 3 is 2.63 bits per heavy atom. The van der Waals surface area contributed by atoms with E-state index in [1.807, 2.05) is 0 Å². The van der Waals surface area contributed by atoms with Crippen LogP contribution in [0.3, 0.4) is 0 Å². The van der Waals surface area contributed by atoms with Gasteiger partial charge in [0.05, 0.1) is 17.5 Å². The molecule has 0 spiro atoms. The lowest BCUT2D eigenvalue weighted by Crippen LogP contribution is -2.30. The van der Waals surface area contributed by atoms with Crippen molar-refractivity contribution >= 4 is 23.0 Å². The van der Waals surface area contributed by atoms with Crippen molar-refractivity contribution in [3.05, 3.63) is 16.9 Å². The Morgan fingerprint density at radius 2 is 1.95 bits per heavy atom. The summed E-state index contributed by atoms with van der Waals surface area (Å²) in [4.78, 5) is 0. The molecular formula is C13H18ClFN2O2. The van der Waals surface area contributed by atoms with Crippen LogP contribution in [0.5, 0.6) is 5.75 Å². The molecule has 0 saturated heterocycles. The number of halogens is 2. The second-order valence-corrected chi connectivity index (χ2v) is 5.15. The summed E-state index contributed by atoms with van der Waals surface area (Å²) in [7, 11) is 1.67. The fourth-order valence-corrected chi connectivity index (χ4v) is 2.50. The van der Waals surface area contributed by atoms with E-state index in [1.165, 1.54) is 6.07 Å². The van der Waals surface area contributed by atoms with Gasteiger partial charge in [0, 0.05) is 13.5 Å². The molecule has 1 fully saturated rings. The zero-order valence-corrected chi connectivity index (χ0v) is 11.5. The van der Waals surface area contributed by atoms with E-state index in [0.717, 1.165) is 25.7 Å². The molecule has 4 nitrogen and oxygen atoms in total. The summed E-state index contributed by atoms with van der Waals surface area (Å²) in [6.07, 6.45) is 3.57. The van der Waals surface area contributed by atoms with Crippen molar-refractivity contribution in [3.8, 4) is 5.75 Å². The number of rotatable bonds is 3. The van der Waals surface area contributed by atoms with Gasteiger partial charge in [0.15, 0.2) is 11.6 Å². The maximum Gasteiger partial charge on any atom is 0.187 e. The van der Waals surface area contributed by atoms with Gasteiger partial charge in [0.1, 0.15) is 11.1 Å². The lowest BCUT2D eigenvalue weighted by Gasteiger charge is -2.29. The van der Waals surface area contributed by atoms with Gasteiger partial charge in [-0.25, -0.2) is 4.39 Å². The molecule has 0 aliphatic heterocycles. The molecule has 2 rings (SSSR count). The predicted molar refractivity (Wildman–Crippen MR) is 73.9 cm³/mol. The maximum atomic E-state index is 14.0. The van der Waals surface area contributed by atoms with Gasteiger partial charge in [0.2, 0.25) is 0 Å². The van der Waals surface area contributed by atoms with Crippen LogP contribution in [0.25, 0.3) is 0 Å². The number of ether oxygens (including phenoxy) is 2. The molecule has 1 aromatic carbocycles. The second-order valence-electron chi connectivity index (χ2n) is 4.78. The van der Waals surface area contributed by atoms with Gasteiger partial charge in [0.25, 0.3) is 0 Å². The van der Waals surface area contributed by atoms with E-state index in [1.54, 1.807) is 7.11 Å². The summed E-state index contributed by atoms with van der Waals surface area (Å²) in [5.41, 5.74) is 11.6. The van der Waals surface area contributed by atoms with E-state index >= 15 is 0 Å². The highest BCUT2D eigenvalue weighted by Gasteiger charge is 2.25. The predicted octanol–water partition coefficient (Wildman–Crippen LogP) is 2.98. The van der Waals surface area contributed by atoms with E-state index in [9.17, 15) is 4.39 Å². The molecular weight excluding hydrogens is 271 g/mol. The van der Waals surface area contributed by atoms with Gasteiger partial charge in [-0.15, -0.1) is 0 Å². The van der Waals surface area contributed by atoms with Crippen LogP contribution in [0.4, 0.5) is 15.8 Å². The molecule has 19 heavy (non-hydrogen) atoms. The first-order valence-corrected chi connectivity index (χ1v) is 6.63. The van der Waals surface area contributed by atoms with Crippen molar-refractivity contribution in [2.24, 2.45) is 0 Å². The summed E-state index contributed by atoms with van der Waals surface area (Å²) < 4.78 is 25.0. The number of anilines is 2. The van der Waals surface area contributed by atoms with Crippen LogP contribution in [0.15, 0.2) is 6.07 Å². The molecule has 6 heteroatoms. The number of hydrogen-bond acceptors (Lipinski definition) is 4. The SMILES string of the molecule is COC1CCCC(Oc2c(N)cc(N)c(Cl)c2F)C1. The van der Waals surface area contributed by atoms with Crippen molar-refractivity contribution in [1.29, 1.82) is 0 Å². The molecule has 0 aromatic heterocycles. The number of methoxy groups -OCH3 is 1. The van der Waals surface area contributed by atoms with Gasteiger partial charge >= 0.3 is 0 Å². The molecule has 106 valence electrons. The Bertz CT molecular complexity index is 470. The average molecular weight is 289 g/mol. The van der Waals surface area contributed by atoms with E-state index in [0.29, 0.717) is 0 Å². The third-order valence-electron chi connectivity index (χ3n) is 3.41. The van der Waals surface area contributed by atoms with Gasteiger partial charge < -0.3 is 20.9 Å². The molecule has 1 aromatic rings. The lowest BCUT2D eigenvalue weighted by molar-refractivity contribution is 0.0200. The van der Waals surface area contributed by atoms with Crippen molar-refractivity contribution in [1.82, 2.24) is 0 Å². The van der Waals surface area contributed by atoms with Crippen LogP contribution in [0.1, 0.15) is 25.7 Å².